The molecular formula is C17H25FN2O3. The van der Waals surface area contributed by atoms with Crippen LogP contribution in [0.15, 0.2) is 30.3 Å². The number of halogens is 1. The number of benzene rings is 1. The first-order chi connectivity index (χ1) is 10.9. The smallest absolute Gasteiger partial charge is 0.322 e. The van der Waals surface area contributed by atoms with Crippen LogP contribution in [0.4, 0.5) is 4.39 Å². The molecule has 0 radical (unpaired) electrons. The topological polar surface area (TPSA) is 73.6 Å². The van der Waals surface area contributed by atoms with Gasteiger partial charge in [-0.2, -0.15) is 0 Å². The number of hydrogen-bond acceptors (Lipinski definition) is 5. The van der Waals surface area contributed by atoms with E-state index in [1.807, 2.05) is 32.0 Å². The molecule has 0 saturated heterocycles. The average Bonchev–Trinajstić information content (AvgIpc) is 3.18. The van der Waals surface area contributed by atoms with Gasteiger partial charge in [-0.25, -0.2) is 4.39 Å². The maximum absolute atomic E-state index is 13.5. The van der Waals surface area contributed by atoms with Crippen LogP contribution in [-0.2, 0) is 9.53 Å². The fraction of sp³-hybridized carbons (Fsp3) is 0.588. The van der Waals surface area contributed by atoms with Crippen LogP contribution in [0.5, 0.6) is 5.75 Å². The molecule has 1 saturated carbocycles. The van der Waals surface area contributed by atoms with E-state index in [1.54, 1.807) is 19.1 Å². The minimum atomic E-state index is -1.50. The van der Waals surface area contributed by atoms with E-state index in [2.05, 4.69) is 5.32 Å². The molecule has 0 heterocycles. The summed E-state index contributed by atoms with van der Waals surface area (Å²) in [7, 11) is 0. The number of nitrogens with one attached hydrogen (secondary N) is 1. The summed E-state index contributed by atoms with van der Waals surface area (Å²) in [5.74, 6) is 0.0986. The summed E-state index contributed by atoms with van der Waals surface area (Å²) in [4.78, 5) is 11.9. The molecule has 0 spiro atoms. The second-order valence-electron chi connectivity index (χ2n) is 6.36. The number of nitrogens with two attached hydrogens (primary N) is 1. The van der Waals surface area contributed by atoms with Crippen LogP contribution in [0.25, 0.3) is 0 Å². The first-order valence-electron chi connectivity index (χ1n) is 7.94. The van der Waals surface area contributed by atoms with Crippen molar-refractivity contribution in [1.82, 2.24) is 5.32 Å². The second kappa shape index (κ2) is 7.75. The summed E-state index contributed by atoms with van der Waals surface area (Å²) in [6, 6.07) is 8.32. The quantitative estimate of drug-likeness (QED) is 0.564. The third kappa shape index (κ3) is 4.91. The standard InChI is InChI=1S/C17H25FN2O3/c1-10(2)9-22-17(21)11(3)20-14-13(16(18)19)15(14)23-12-7-5-4-6-8-12/h4-8,10-11,13-16,20H,9,19H2,1-3H3/t11-,13?,14?,15?,16?/m0/s1. The number of rotatable bonds is 8. The summed E-state index contributed by atoms with van der Waals surface area (Å²) in [5, 5.41) is 3.06. The van der Waals surface area contributed by atoms with Crippen molar-refractivity contribution in [1.29, 1.82) is 0 Å². The largest absolute Gasteiger partial charge is 0.488 e. The maximum Gasteiger partial charge on any atom is 0.322 e. The van der Waals surface area contributed by atoms with Gasteiger partial charge in [-0.1, -0.05) is 32.0 Å². The van der Waals surface area contributed by atoms with Gasteiger partial charge in [0.15, 0.2) is 6.30 Å². The molecule has 0 aromatic heterocycles. The summed E-state index contributed by atoms with van der Waals surface area (Å²) < 4.78 is 24.5. The van der Waals surface area contributed by atoms with Crippen LogP contribution in [0.1, 0.15) is 20.8 Å². The number of para-hydroxylation sites is 1. The fourth-order valence-corrected chi connectivity index (χ4v) is 2.43. The molecule has 0 amide bonds. The summed E-state index contributed by atoms with van der Waals surface area (Å²) in [6.07, 6.45) is -1.89. The monoisotopic (exact) mass is 324 g/mol. The molecule has 1 aliphatic carbocycles. The van der Waals surface area contributed by atoms with Gasteiger partial charge in [0.05, 0.1) is 18.6 Å². The van der Waals surface area contributed by atoms with Crippen molar-refractivity contribution in [3.8, 4) is 5.75 Å². The lowest BCUT2D eigenvalue weighted by Gasteiger charge is -2.14. The Morgan fingerprint density at radius 2 is 1.96 bits per heavy atom. The highest BCUT2D eigenvalue weighted by Crippen LogP contribution is 2.38. The third-order valence-corrected chi connectivity index (χ3v) is 3.75. The van der Waals surface area contributed by atoms with Crippen molar-refractivity contribution in [3.63, 3.8) is 0 Å². The molecule has 1 aromatic carbocycles. The van der Waals surface area contributed by atoms with Crippen molar-refractivity contribution >= 4 is 5.97 Å². The van der Waals surface area contributed by atoms with Crippen LogP contribution in [0, 0.1) is 11.8 Å². The third-order valence-electron chi connectivity index (χ3n) is 3.75. The van der Waals surface area contributed by atoms with Crippen LogP contribution in [0.2, 0.25) is 0 Å². The first-order valence-corrected chi connectivity index (χ1v) is 7.94. The molecule has 2 rings (SSSR count). The molecule has 5 nitrogen and oxygen atoms in total. The Morgan fingerprint density at radius 3 is 2.52 bits per heavy atom. The van der Waals surface area contributed by atoms with Crippen LogP contribution in [-0.4, -0.2) is 37.1 Å². The van der Waals surface area contributed by atoms with Gasteiger partial charge in [0.1, 0.15) is 17.9 Å². The minimum absolute atomic E-state index is 0.272. The minimum Gasteiger partial charge on any atom is -0.488 e. The van der Waals surface area contributed by atoms with Gasteiger partial charge in [0.25, 0.3) is 0 Å². The van der Waals surface area contributed by atoms with Gasteiger partial charge in [-0.15, -0.1) is 0 Å². The highest BCUT2D eigenvalue weighted by Gasteiger charge is 2.57. The Bertz CT molecular complexity index is 510. The van der Waals surface area contributed by atoms with E-state index >= 15 is 0 Å². The zero-order valence-corrected chi connectivity index (χ0v) is 13.7. The molecule has 6 heteroatoms. The molecule has 0 aliphatic heterocycles. The van der Waals surface area contributed by atoms with E-state index in [9.17, 15) is 9.18 Å². The van der Waals surface area contributed by atoms with Crippen molar-refractivity contribution in [3.05, 3.63) is 30.3 Å². The molecular weight excluding hydrogens is 299 g/mol. The van der Waals surface area contributed by atoms with E-state index in [-0.39, 0.29) is 17.9 Å². The zero-order chi connectivity index (χ0) is 17.0. The molecule has 3 N–H and O–H groups in total. The molecule has 1 fully saturated rings. The predicted octanol–water partition coefficient (Wildman–Crippen LogP) is 1.86. The lowest BCUT2D eigenvalue weighted by molar-refractivity contribution is -0.146. The van der Waals surface area contributed by atoms with Crippen LogP contribution >= 0.6 is 0 Å². The van der Waals surface area contributed by atoms with Crippen molar-refractivity contribution < 1.29 is 18.7 Å². The fourth-order valence-electron chi connectivity index (χ4n) is 2.43. The van der Waals surface area contributed by atoms with Gasteiger partial charge in [0.2, 0.25) is 0 Å². The van der Waals surface area contributed by atoms with Crippen molar-refractivity contribution in [2.24, 2.45) is 17.6 Å². The summed E-state index contributed by atoms with van der Waals surface area (Å²) in [6.45, 7) is 6.00. The number of esters is 1. The van der Waals surface area contributed by atoms with Crippen LogP contribution in [0.3, 0.4) is 0 Å². The van der Waals surface area contributed by atoms with E-state index in [0.717, 1.165) is 0 Å². The van der Waals surface area contributed by atoms with Gasteiger partial charge >= 0.3 is 5.97 Å². The number of carbonyl (C=O) groups is 1. The number of hydrogen-bond donors (Lipinski definition) is 2. The van der Waals surface area contributed by atoms with Gasteiger partial charge in [0, 0.05) is 0 Å². The second-order valence-corrected chi connectivity index (χ2v) is 6.36. The molecule has 5 atom stereocenters. The van der Waals surface area contributed by atoms with Crippen molar-refractivity contribution in [2.45, 2.75) is 45.3 Å². The Labute approximate surface area is 136 Å². The normalized spacial score (nSPS) is 25.7. The van der Waals surface area contributed by atoms with Gasteiger partial charge in [-0.3, -0.25) is 10.1 Å². The average molecular weight is 324 g/mol. The van der Waals surface area contributed by atoms with E-state index in [0.29, 0.717) is 12.4 Å². The Balaban J connectivity index is 1.89. The number of ether oxygens (including phenoxy) is 2. The zero-order valence-electron chi connectivity index (χ0n) is 13.7. The molecule has 23 heavy (non-hydrogen) atoms. The Kier molecular flexibility index (Phi) is 5.96. The Hall–Kier alpha value is -1.66. The maximum atomic E-state index is 13.5. The molecule has 1 aliphatic rings. The van der Waals surface area contributed by atoms with Crippen LogP contribution < -0.4 is 15.8 Å². The van der Waals surface area contributed by atoms with Gasteiger partial charge in [-0.05, 0) is 25.0 Å². The van der Waals surface area contributed by atoms with Crippen molar-refractivity contribution in [2.75, 3.05) is 6.61 Å². The first kappa shape index (κ1) is 17.7. The summed E-state index contributed by atoms with van der Waals surface area (Å²) in [5.41, 5.74) is 5.38. The van der Waals surface area contributed by atoms with E-state index < -0.39 is 24.4 Å². The Morgan fingerprint density at radius 1 is 1.30 bits per heavy atom. The predicted molar refractivity (Wildman–Crippen MR) is 85.6 cm³/mol. The lowest BCUT2D eigenvalue weighted by atomic mass is 10.2. The number of carbonyl (C=O) groups excluding carboxylic acids is 1. The lowest BCUT2D eigenvalue weighted by Crippen LogP contribution is -2.39. The van der Waals surface area contributed by atoms with Gasteiger partial charge < -0.3 is 15.2 Å². The van der Waals surface area contributed by atoms with E-state index in [1.165, 1.54) is 0 Å². The molecule has 128 valence electrons. The molecule has 1 aromatic rings. The molecule has 0 bridgehead atoms. The molecule has 4 unspecified atom stereocenters. The van der Waals surface area contributed by atoms with E-state index in [4.69, 9.17) is 15.2 Å². The number of alkyl halides is 1. The summed E-state index contributed by atoms with van der Waals surface area (Å²) >= 11 is 0. The highest BCUT2D eigenvalue weighted by atomic mass is 19.1. The SMILES string of the molecule is CC(C)COC(=O)[C@H](C)NC1C(Oc2ccccc2)C1C(N)F. The highest BCUT2D eigenvalue weighted by molar-refractivity contribution is 5.75.